The predicted octanol–water partition coefficient (Wildman–Crippen LogP) is 5.15. The van der Waals surface area contributed by atoms with Crippen LogP contribution in [0.1, 0.15) is 30.5 Å². The second-order valence-electron chi connectivity index (χ2n) is 6.73. The van der Waals surface area contributed by atoms with E-state index >= 15 is 0 Å². The first-order chi connectivity index (χ1) is 13.5. The van der Waals surface area contributed by atoms with Crippen LogP contribution < -0.4 is 4.80 Å². The summed E-state index contributed by atoms with van der Waals surface area (Å²) in [4.78, 5) is 5.50. The van der Waals surface area contributed by atoms with Crippen LogP contribution in [-0.2, 0) is 0 Å². The SMILES string of the molecule is C=C(C)CN=c1scc(-c2ccc(C)cc2)n1N=C(C)c1ccc(C#N)cc1. The van der Waals surface area contributed by atoms with Gasteiger partial charge in [-0.2, -0.15) is 10.4 Å². The molecule has 3 rings (SSSR count). The zero-order valence-corrected chi connectivity index (χ0v) is 17.1. The lowest BCUT2D eigenvalue weighted by Crippen LogP contribution is -2.15. The number of benzene rings is 2. The molecule has 5 heteroatoms. The lowest BCUT2D eigenvalue weighted by atomic mass is 10.1. The Bertz CT molecular complexity index is 1120. The van der Waals surface area contributed by atoms with Gasteiger partial charge >= 0.3 is 0 Å². The molecule has 1 heterocycles. The number of nitriles is 1. The molecule has 0 spiro atoms. The third-order valence-electron chi connectivity index (χ3n) is 4.20. The van der Waals surface area contributed by atoms with Crippen LogP contribution in [-0.4, -0.2) is 16.9 Å². The minimum Gasteiger partial charge on any atom is -0.253 e. The smallest absolute Gasteiger partial charge is 0.206 e. The van der Waals surface area contributed by atoms with Crippen molar-refractivity contribution in [3.63, 3.8) is 0 Å². The van der Waals surface area contributed by atoms with Gasteiger partial charge in [-0.3, -0.25) is 4.99 Å². The Labute approximate surface area is 169 Å². The molecule has 0 atom stereocenters. The molecule has 4 nitrogen and oxygen atoms in total. The number of hydrogen-bond donors (Lipinski definition) is 0. The molecule has 0 amide bonds. The average molecular weight is 387 g/mol. The van der Waals surface area contributed by atoms with Gasteiger partial charge in [0.1, 0.15) is 0 Å². The first-order valence-corrected chi connectivity index (χ1v) is 9.84. The van der Waals surface area contributed by atoms with Crippen molar-refractivity contribution in [3.8, 4) is 17.3 Å². The van der Waals surface area contributed by atoms with E-state index in [-0.39, 0.29) is 0 Å². The Hall–Kier alpha value is -3.23. The van der Waals surface area contributed by atoms with Crippen molar-refractivity contribution in [2.75, 3.05) is 6.54 Å². The molecule has 0 aliphatic carbocycles. The molecule has 3 aromatic rings. The number of rotatable bonds is 5. The second kappa shape index (κ2) is 8.64. The van der Waals surface area contributed by atoms with E-state index in [1.807, 2.05) is 30.7 Å². The molecule has 2 aromatic carbocycles. The standard InChI is InChI=1S/C23H22N4S/c1-16(2)14-25-23-27(22(15-28-23)21-9-5-17(3)6-10-21)26-18(4)20-11-7-19(13-24)8-12-20/h5-12,15H,1,14H2,2-4H3. The summed E-state index contributed by atoms with van der Waals surface area (Å²) in [6, 6.07) is 18.0. The van der Waals surface area contributed by atoms with Gasteiger partial charge in [-0.25, -0.2) is 4.68 Å². The summed E-state index contributed by atoms with van der Waals surface area (Å²) in [6.45, 7) is 10.5. The largest absolute Gasteiger partial charge is 0.253 e. The third-order valence-corrected chi connectivity index (χ3v) is 5.05. The molecule has 0 bridgehead atoms. The second-order valence-corrected chi connectivity index (χ2v) is 7.57. The Morgan fingerprint density at radius 3 is 2.39 bits per heavy atom. The van der Waals surface area contributed by atoms with Crippen LogP contribution in [0.5, 0.6) is 0 Å². The molecule has 28 heavy (non-hydrogen) atoms. The fourth-order valence-corrected chi connectivity index (χ4v) is 3.45. The minimum atomic E-state index is 0.569. The van der Waals surface area contributed by atoms with E-state index in [2.05, 4.69) is 54.2 Å². The maximum atomic E-state index is 8.99. The molecule has 1 aromatic heterocycles. The van der Waals surface area contributed by atoms with E-state index in [1.54, 1.807) is 23.5 Å². The van der Waals surface area contributed by atoms with Gasteiger partial charge in [0, 0.05) is 10.9 Å². The van der Waals surface area contributed by atoms with E-state index in [1.165, 1.54) is 5.56 Å². The molecule has 0 N–H and O–H groups in total. The van der Waals surface area contributed by atoms with Crippen LogP contribution in [0.15, 0.2) is 76.2 Å². The number of nitrogens with zero attached hydrogens (tertiary/aromatic N) is 4. The van der Waals surface area contributed by atoms with Gasteiger partial charge in [-0.05, 0) is 38.5 Å². The van der Waals surface area contributed by atoms with Gasteiger partial charge in [-0.15, -0.1) is 11.3 Å². The normalized spacial score (nSPS) is 12.1. The summed E-state index contributed by atoms with van der Waals surface area (Å²) >= 11 is 1.57. The molecule has 0 saturated heterocycles. The molecule has 140 valence electrons. The highest BCUT2D eigenvalue weighted by atomic mass is 32.1. The van der Waals surface area contributed by atoms with Gasteiger partial charge in [0.15, 0.2) is 0 Å². The van der Waals surface area contributed by atoms with E-state index in [4.69, 9.17) is 10.4 Å². The number of aromatic nitrogens is 1. The molecular weight excluding hydrogens is 364 g/mol. The molecule has 0 aliphatic rings. The van der Waals surface area contributed by atoms with Crippen LogP contribution in [0.4, 0.5) is 0 Å². The van der Waals surface area contributed by atoms with Crippen LogP contribution in [0.2, 0.25) is 0 Å². The van der Waals surface area contributed by atoms with Crippen molar-refractivity contribution < 1.29 is 0 Å². The van der Waals surface area contributed by atoms with Crippen molar-refractivity contribution in [2.45, 2.75) is 20.8 Å². The van der Waals surface area contributed by atoms with Crippen LogP contribution >= 0.6 is 11.3 Å². The van der Waals surface area contributed by atoms with Crippen LogP contribution in [0.3, 0.4) is 0 Å². The fraction of sp³-hybridized carbons (Fsp3) is 0.174. The lowest BCUT2D eigenvalue weighted by molar-refractivity contribution is 0.830. The van der Waals surface area contributed by atoms with Crippen molar-refractivity contribution in [1.82, 2.24) is 4.68 Å². The molecule has 0 unspecified atom stereocenters. The predicted molar refractivity (Wildman–Crippen MR) is 116 cm³/mol. The van der Waals surface area contributed by atoms with E-state index in [9.17, 15) is 0 Å². The topological polar surface area (TPSA) is 53.4 Å². The zero-order valence-electron chi connectivity index (χ0n) is 16.3. The summed E-state index contributed by atoms with van der Waals surface area (Å²) in [5.74, 6) is 0. The summed E-state index contributed by atoms with van der Waals surface area (Å²) in [6.07, 6.45) is 0. The highest BCUT2D eigenvalue weighted by Gasteiger charge is 2.09. The van der Waals surface area contributed by atoms with Crippen molar-refractivity contribution in [3.05, 3.63) is 87.6 Å². The number of thiazole rings is 1. The molecule has 0 fully saturated rings. The Morgan fingerprint density at radius 2 is 1.79 bits per heavy atom. The summed E-state index contributed by atoms with van der Waals surface area (Å²) in [7, 11) is 0. The van der Waals surface area contributed by atoms with Gasteiger partial charge in [0.05, 0.1) is 29.6 Å². The van der Waals surface area contributed by atoms with Crippen molar-refractivity contribution in [1.29, 1.82) is 5.26 Å². The van der Waals surface area contributed by atoms with E-state index in [0.29, 0.717) is 12.1 Å². The maximum absolute atomic E-state index is 8.99. The Morgan fingerprint density at radius 1 is 1.11 bits per heavy atom. The summed E-state index contributed by atoms with van der Waals surface area (Å²) in [5.41, 5.74) is 6.77. The number of hydrogen-bond acceptors (Lipinski definition) is 4. The van der Waals surface area contributed by atoms with Crippen LogP contribution in [0, 0.1) is 18.3 Å². The maximum Gasteiger partial charge on any atom is 0.206 e. The zero-order chi connectivity index (χ0) is 20.1. The van der Waals surface area contributed by atoms with Crippen molar-refractivity contribution >= 4 is 17.0 Å². The molecule has 0 radical (unpaired) electrons. The monoisotopic (exact) mass is 386 g/mol. The van der Waals surface area contributed by atoms with Crippen LogP contribution in [0.25, 0.3) is 11.3 Å². The lowest BCUT2D eigenvalue weighted by Gasteiger charge is -2.07. The first-order valence-electron chi connectivity index (χ1n) is 8.96. The first kappa shape index (κ1) is 19.5. The average Bonchev–Trinajstić information content (AvgIpc) is 3.09. The highest BCUT2D eigenvalue weighted by molar-refractivity contribution is 7.07. The van der Waals surface area contributed by atoms with Gasteiger partial charge in [0.25, 0.3) is 0 Å². The van der Waals surface area contributed by atoms with Gasteiger partial charge in [-0.1, -0.05) is 54.1 Å². The molecular formula is C23H22N4S. The third kappa shape index (κ3) is 4.54. The Kier molecular flexibility index (Phi) is 6.03. The number of aryl methyl sites for hydroxylation is 1. The summed E-state index contributed by atoms with van der Waals surface area (Å²) < 4.78 is 1.89. The quantitative estimate of drug-likeness (QED) is 0.442. The highest BCUT2D eigenvalue weighted by Crippen LogP contribution is 2.21. The van der Waals surface area contributed by atoms with Gasteiger partial charge < -0.3 is 0 Å². The van der Waals surface area contributed by atoms with E-state index in [0.717, 1.165) is 32.9 Å². The van der Waals surface area contributed by atoms with E-state index < -0.39 is 0 Å². The fourth-order valence-electron chi connectivity index (χ4n) is 2.62. The van der Waals surface area contributed by atoms with Crippen molar-refractivity contribution in [2.24, 2.45) is 10.1 Å². The molecule has 0 saturated carbocycles. The van der Waals surface area contributed by atoms with Gasteiger partial charge in [0.2, 0.25) is 4.80 Å². The summed E-state index contributed by atoms with van der Waals surface area (Å²) in [5, 5.41) is 15.9. The molecule has 0 aliphatic heterocycles. The Balaban J connectivity index is 2.11. The minimum absolute atomic E-state index is 0.569.